The van der Waals surface area contributed by atoms with Gasteiger partial charge in [-0.05, 0) is 56.6 Å². The topological polar surface area (TPSA) is 103 Å². The summed E-state index contributed by atoms with van der Waals surface area (Å²) in [5, 5.41) is 16.1. The summed E-state index contributed by atoms with van der Waals surface area (Å²) in [4.78, 5) is 4.66. The van der Waals surface area contributed by atoms with Gasteiger partial charge in [0.15, 0.2) is 5.96 Å². The molecule has 0 bridgehead atoms. The average Bonchev–Trinajstić information content (AvgIpc) is 2.69. The molecule has 0 atom stereocenters. The molecule has 1 aromatic rings. The second-order valence-corrected chi connectivity index (χ2v) is 9.83. The Morgan fingerprint density at radius 1 is 1.07 bits per heavy atom. The van der Waals surface area contributed by atoms with Crippen LogP contribution < -0.4 is 15.4 Å². The van der Waals surface area contributed by atoms with Crippen LogP contribution in [-0.2, 0) is 22.3 Å². The lowest BCUT2D eigenvalue weighted by Crippen LogP contribution is -2.43. The van der Waals surface area contributed by atoms with E-state index >= 15 is 0 Å². The molecule has 0 aromatic heterocycles. The van der Waals surface area contributed by atoms with Crippen LogP contribution in [0.3, 0.4) is 0 Å². The van der Waals surface area contributed by atoms with Crippen LogP contribution in [0.4, 0.5) is 0 Å². The summed E-state index contributed by atoms with van der Waals surface area (Å²) in [6, 6.07) is 7.40. The number of sulfonamides is 1. The van der Waals surface area contributed by atoms with Crippen LogP contribution in [0, 0.1) is 5.41 Å². The minimum Gasteiger partial charge on any atom is -0.396 e. The van der Waals surface area contributed by atoms with Gasteiger partial charge in [0, 0.05) is 25.7 Å². The van der Waals surface area contributed by atoms with Gasteiger partial charge < -0.3 is 15.7 Å². The average molecular weight is 441 g/mol. The number of rotatable bonds is 13. The predicted molar refractivity (Wildman–Crippen MR) is 125 cm³/mol. The van der Waals surface area contributed by atoms with Crippen LogP contribution in [0.1, 0.15) is 65.0 Å². The highest BCUT2D eigenvalue weighted by atomic mass is 32.2. The van der Waals surface area contributed by atoms with Crippen molar-refractivity contribution < 1.29 is 13.5 Å². The zero-order valence-electron chi connectivity index (χ0n) is 19.2. The van der Waals surface area contributed by atoms with E-state index in [1.54, 1.807) is 0 Å². The van der Waals surface area contributed by atoms with Gasteiger partial charge in [-0.2, -0.15) is 0 Å². The molecule has 0 spiro atoms. The summed E-state index contributed by atoms with van der Waals surface area (Å²) < 4.78 is 26.7. The molecular formula is C22H40N4O3S. The molecule has 7 nitrogen and oxygen atoms in total. The van der Waals surface area contributed by atoms with Gasteiger partial charge in [-0.15, -0.1) is 0 Å². The van der Waals surface area contributed by atoms with Crippen molar-refractivity contribution in [2.45, 2.75) is 72.2 Å². The van der Waals surface area contributed by atoms with Crippen LogP contribution >= 0.6 is 0 Å². The molecule has 8 heteroatoms. The van der Waals surface area contributed by atoms with Gasteiger partial charge in [0.25, 0.3) is 0 Å². The van der Waals surface area contributed by atoms with Crippen molar-refractivity contribution >= 4 is 16.0 Å². The molecule has 4 N–H and O–H groups in total. The van der Waals surface area contributed by atoms with Crippen LogP contribution in [0.25, 0.3) is 0 Å². The molecule has 0 aliphatic carbocycles. The molecule has 0 amide bonds. The Morgan fingerprint density at radius 3 is 2.17 bits per heavy atom. The van der Waals surface area contributed by atoms with Gasteiger partial charge in [-0.1, -0.05) is 38.1 Å². The van der Waals surface area contributed by atoms with Crippen molar-refractivity contribution in [3.8, 4) is 0 Å². The highest BCUT2D eigenvalue weighted by Crippen LogP contribution is 2.29. The number of nitrogens with one attached hydrogen (secondary N) is 3. The Morgan fingerprint density at radius 2 is 1.67 bits per heavy atom. The number of benzene rings is 1. The van der Waals surface area contributed by atoms with Gasteiger partial charge in [0.05, 0.1) is 12.3 Å². The van der Waals surface area contributed by atoms with Crippen molar-refractivity contribution in [2.75, 3.05) is 19.7 Å². The predicted octanol–water partition coefficient (Wildman–Crippen LogP) is 2.76. The normalized spacial score (nSPS) is 13.0. The molecule has 0 saturated heterocycles. The molecule has 1 rings (SSSR count). The van der Waals surface area contributed by atoms with Crippen LogP contribution in [0.2, 0.25) is 0 Å². The van der Waals surface area contributed by atoms with Gasteiger partial charge in [-0.25, -0.2) is 18.1 Å². The monoisotopic (exact) mass is 440 g/mol. The van der Waals surface area contributed by atoms with Gasteiger partial charge in [0.2, 0.25) is 10.0 Å². The zero-order chi connectivity index (χ0) is 22.6. The molecule has 30 heavy (non-hydrogen) atoms. The van der Waals surface area contributed by atoms with E-state index in [1.165, 1.54) is 0 Å². The molecule has 0 aliphatic heterocycles. The minimum absolute atomic E-state index is 0.0279. The van der Waals surface area contributed by atoms with E-state index in [0.717, 1.165) is 49.4 Å². The number of aliphatic hydroxyl groups is 1. The largest absolute Gasteiger partial charge is 0.396 e. The van der Waals surface area contributed by atoms with E-state index in [0.29, 0.717) is 6.54 Å². The second kappa shape index (κ2) is 12.9. The van der Waals surface area contributed by atoms with Crippen molar-refractivity contribution in [1.29, 1.82) is 0 Å². The van der Waals surface area contributed by atoms with Gasteiger partial charge in [-0.3, -0.25) is 0 Å². The fraction of sp³-hybridized carbons (Fsp3) is 0.682. The summed E-state index contributed by atoms with van der Waals surface area (Å²) in [7, 11) is -3.33. The summed E-state index contributed by atoms with van der Waals surface area (Å²) in [5.74, 6) is 0.717. The third kappa shape index (κ3) is 9.45. The van der Waals surface area contributed by atoms with Crippen molar-refractivity contribution in [2.24, 2.45) is 10.4 Å². The van der Waals surface area contributed by atoms with E-state index in [4.69, 9.17) is 0 Å². The highest BCUT2D eigenvalue weighted by molar-refractivity contribution is 7.88. The Hall–Kier alpha value is -1.64. The number of aliphatic hydroxyl groups excluding tert-OH is 1. The minimum atomic E-state index is -3.33. The molecule has 172 valence electrons. The van der Waals surface area contributed by atoms with Crippen molar-refractivity contribution in [3.63, 3.8) is 0 Å². The van der Waals surface area contributed by atoms with Crippen LogP contribution in [0.15, 0.2) is 29.3 Å². The first kappa shape index (κ1) is 26.4. The lowest BCUT2D eigenvalue weighted by atomic mass is 9.79. The number of hydrogen-bond acceptors (Lipinski definition) is 4. The summed E-state index contributed by atoms with van der Waals surface area (Å²) in [5.41, 5.74) is 1.82. The lowest BCUT2D eigenvalue weighted by molar-refractivity contribution is 0.169. The van der Waals surface area contributed by atoms with E-state index in [-0.39, 0.29) is 23.8 Å². The summed E-state index contributed by atoms with van der Waals surface area (Å²) >= 11 is 0. The molecule has 0 aliphatic rings. The molecule has 0 unspecified atom stereocenters. The van der Waals surface area contributed by atoms with Crippen molar-refractivity contribution in [3.05, 3.63) is 35.4 Å². The van der Waals surface area contributed by atoms with E-state index in [1.807, 2.05) is 45.0 Å². The number of nitrogens with zero attached hydrogens (tertiary/aromatic N) is 1. The first-order valence-electron chi connectivity index (χ1n) is 10.9. The number of aliphatic imine (C=N–C) groups is 1. The SMILES string of the molecule is CCNC(=NCc1ccc(CS(=O)(=O)NC(C)C)cc1)NCC(CC)(CC)CCO. The lowest BCUT2D eigenvalue weighted by Gasteiger charge is -2.32. The second-order valence-electron chi connectivity index (χ2n) is 8.08. The smallest absolute Gasteiger partial charge is 0.216 e. The van der Waals surface area contributed by atoms with Gasteiger partial charge >= 0.3 is 0 Å². The Kier molecular flexibility index (Phi) is 11.4. The number of hydrogen-bond donors (Lipinski definition) is 4. The van der Waals surface area contributed by atoms with Crippen LogP contribution in [-0.4, -0.2) is 45.2 Å². The third-order valence-corrected chi connectivity index (χ3v) is 6.88. The maximum absolute atomic E-state index is 12.1. The Bertz CT molecular complexity index is 742. The van der Waals surface area contributed by atoms with E-state index < -0.39 is 10.0 Å². The Labute approximate surface area is 182 Å². The van der Waals surface area contributed by atoms with Crippen molar-refractivity contribution in [1.82, 2.24) is 15.4 Å². The molecule has 0 radical (unpaired) electrons. The van der Waals surface area contributed by atoms with E-state index in [2.05, 4.69) is 34.2 Å². The van der Waals surface area contributed by atoms with Crippen LogP contribution in [0.5, 0.6) is 0 Å². The summed E-state index contributed by atoms with van der Waals surface area (Å²) in [6.07, 6.45) is 2.75. The fourth-order valence-electron chi connectivity index (χ4n) is 3.32. The fourth-order valence-corrected chi connectivity index (χ4v) is 4.76. The van der Waals surface area contributed by atoms with E-state index in [9.17, 15) is 13.5 Å². The zero-order valence-corrected chi connectivity index (χ0v) is 20.0. The molecule has 0 heterocycles. The first-order chi connectivity index (χ1) is 14.2. The quantitative estimate of drug-likeness (QED) is 0.279. The number of guanidine groups is 1. The first-order valence-corrected chi connectivity index (χ1v) is 12.5. The molecule has 1 aromatic carbocycles. The highest BCUT2D eigenvalue weighted by Gasteiger charge is 2.25. The molecule has 0 fully saturated rings. The Balaban J connectivity index is 2.76. The maximum Gasteiger partial charge on any atom is 0.216 e. The summed E-state index contributed by atoms with van der Waals surface area (Å²) in [6.45, 7) is 12.2. The van der Waals surface area contributed by atoms with Gasteiger partial charge in [0.1, 0.15) is 0 Å². The standard InChI is InChI=1S/C22H40N4O3S/c1-6-22(7-2,13-14-27)17-25-21(23-8-3)24-15-19-9-11-20(12-10-19)16-30(28,29)26-18(4)5/h9-12,18,26-27H,6-8,13-17H2,1-5H3,(H2,23,24,25). The molecular weight excluding hydrogens is 400 g/mol. The molecule has 0 saturated carbocycles. The third-order valence-electron chi connectivity index (χ3n) is 5.33. The maximum atomic E-state index is 12.1.